The first-order valence-electron chi connectivity index (χ1n) is 9.75. The number of nitrogens with zero attached hydrogens (tertiary/aromatic N) is 2. The second-order valence-corrected chi connectivity index (χ2v) is 9.25. The molecular formula is C21H31N3O7. The van der Waals surface area contributed by atoms with Crippen LogP contribution in [-0.4, -0.2) is 51.7 Å². The Kier molecular flexibility index (Phi) is 8.14. The van der Waals surface area contributed by atoms with Crippen LogP contribution in [0.4, 0.5) is 9.59 Å². The summed E-state index contributed by atoms with van der Waals surface area (Å²) in [6, 6.07) is 8.25. The third kappa shape index (κ3) is 7.88. The molecule has 1 N–H and O–H groups in total. The van der Waals surface area contributed by atoms with Crippen LogP contribution in [0.2, 0.25) is 0 Å². The zero-order valence-corrected chi connectivity index (χ0v) is 19.0. The number of hydrogen-bond acceptors (Lipinski definition) is 7. The molecule has 0 saturated heterocycles. The number of aldehydes is 1. The largest absolute Gasteiger partial charge is 0.443 e. The van der Waals surface area contributed by atoms with E-state index in [0.717, 1.165) is 0 Å². The summed E-state index contributed by atoms with van der Waals surface area (Å²) in [7, 11) is 0. The van der Waals surface area contributed by atoms with E-state index in [4.69, 9.17) is 9.47 Å². The van der Waals surface area contributed by atoms with Gasteiger partial charge >= 0.3 is 12.2 Å². The van der Waals surface area contributed by atoms with E-state index in [1.807, 2.05) is 0 Å². The van der Waals surface area contributed by atoms with Crippen LogP contribution >= 0.6 is 0 Å². The number of nitro groups is 1. The van der Waals surface area contributed by atoms with Gasteiger partial charge in [0.25, 0.3) is 0 Å². The molecule has 0 aliphatic carbocycles. The van der Waals surface area contributed by atoms with Crippen molar-refractivity contribution >= 4 is 18.5 Å². The number of nitrogens with one attached hydrogen (secondary N) is 1. The minimum absolute atomic E-state index is 0.384. The highest BCUT2D eigenvalue weighted by Crippen LogP contribution is 2.33. The number of ether oxygens (including phenoxy) is 2. The molecule has 1 aromatic carbocycles. The molecule has 0 aliphatic heterocycles. The first-order valence-corrected chi connectivity index (χ1v) is 9.75. The number of amides is 2. The van der Waals surface area contributed by atoms with Gasteiger partial charge in [-0.25, -0.2) is 20.0 Å². The highest BCUT2D eigenvalue weighted by atomic mass is 16.6. The molecule has 0 fully saturated rings. The van der Waals surface area contributed by atoms with Crippen LogP contribution in [0.15, 0.2) is 30.3 Å². The van der Waals surface area contributed by atoms with Crippen molar-refractivity contribution in [2.75, 3.05) is 6.54 Å². The molecular weight excluding hydrogens is 406 g/mol. The molecule has 2 amide bonds. The van der Waals surface area contributed by atoms with Crippen LogP contribution in [0, 0.1) is 10.1 Å². The first-order chi connectivity index (χ1) is 14.1. The van der Waals surface area contributed by atoms with Crippen molar-refractivity contribution in [1.82, 2.24) is 10.4 Å². The summed E-state index contributed by atoms with van der Waals surface area (Å²) >= 11 is 0. The molecule has 1 rings (SSSR count). The van der Waals surface area contributed by atoms with Crippen LogP contribution < -0.4 is 5.43 Å². The standard InChI is InChI=1S/C21H31N3O7/c1-19(2,3)30-17(26)22-24(18(27)31-20(4,5)6)21(7,14-25)16(13-23(28)29)15-11-9-8-10-12-15/h8-12,14,16H,13H2,1-7H3,(H,22,26)/t16-,21-/m1/s1. The van der Waals surface area contributed by atoms with E-state index in [1.165, 1.54) is 6.92 Å². The Labute approximate surface area is 182 Å². The quantitative estimate of drug-likeness (QED) is 0.408. The van der Waals surface area contributed by atoms with Gasteiger partial charge in [0.2, 0.25) is 6.54 Å². The summed E-state index contributed by atoms with van der Waals surface area (Å²) in [4.78, 5) is 48.6. The molecule has 0 bridgehead atoms. The van der Waals surface area contributed by atoms with Gasteiger partial charge in [-0.1, -0.05) is 30.3 Å². The van der Waals surface area contributed by atoms with Crippen LogP contribution in [0.3, 0.4) is 0 Å². The molecule has 0 spiro atoms. The monoisotopic (exact) mass is 437 g/mol. The van der Waals surface area contributed by atoms with Gasteiger partial charge in [0.1, 0.15) is 23.0 Å². The Bertz CT molecular complexity index is 799. The van der Waals surface area contributed by atoms with E-state index in [0.29, 0.717) is 16.9 Å². The van der Waals surface area contributed by atoms with Gasteiger partial charge in [-0.15, -0.1) is 0 Å². The molecule has 1 aromatic rings. The lowest BCUT2D eigenvalue weighted by Gasteiger charge is -2.41. The topological polar surface area (TPSA) is 128 Å². The highest BCUT2D eigenvalue weighted by molar-refractivity contribution is 5.81. The molecule has 31 heavy (non-hydrogen) atoms. The zero-order chi connectivity index (χ0) is 24.0. The fourth-order valence-electron chi connectivity index (χ4n) is 2.82. The molecule has 0 aromatic heterocycles. The highest BCUT2D eigenvalue weighted by Gasteiger charge is 2.48. The van der Waals surface area contributed by atoms with E-state index in [-0.39, 0.29) is 0 Å². The lowest BCUT2D eigenvalue weighted by atomic mass is 9.81. The summed E-state index contributed by atoms with van der Waals surface area (Å²) in [6.45, 7) is 10.4. The van der Waals surface area contributed by atoms with Crippen molar-refractivity contribution in [3.8, 4) is 0 Å². The average molecular weight is 437 g/mol. The molecule has 2 atom stereocenters. The number of carbonyl (C=O) groups is 3. The normalized spacial score (nSPS) is 14.5. The van der Waals surface area contributed by atoms with Crippen molar-refractivity contribution in [1.29, 1.82) is 0 Å². The summed E-state index contributed by atoms with van der Waals surface area (Å²) in [5.41, 5.74) is -1.02. The molecule has 0 aliphatic rings. The third-order valence-electron chi connectivity index (χ3n) is 4.14. The molecule has 0 unspecified atom stereocenters. The van der Waals surface area contributed by atoms with Gasteiger partial charge in [0.15, 0.2) is 0 Å². The molecule has 0 radical (unpaired) electrons. The Morgan fingerprint density at radius 1 is 1.06 bits per heavy atom. The predicted octanol–water partition coefficient (Wildman–Crippen LogP) is 3.68. The second kappa shape index (κ2) is 9.76. The lowest BCUT2D eigenvalue weighted by molar-refractivity contribution is -0.485. The molecule has 10 heteroatoms. The van der Waals surface area contributed by atoms with Crippen molar-refractivity contribution in [2.45, 2.75) is 71.1 Å². The van der Waals surface area contributed by atoms with E-state index in [9.17, 15) is 24.5 Å². The molecule has 10 nitrogen and oxygen atoms in total. The Balaban J connectivity index is 3.52. The van der Waals surface area contributed by atoms with E-state index >= 15 is 0 Å². The van der Waals surface area contributed by atoms with Crippen LogP contribution in [0.1, 0.15) is 59.9 Å². The van der Waals surface area contributed by atoms with Gasteiger partial charge in [0.05, 0.1) is 5.92 Å². The third-order valence-corrected chi connectivity index (χ3v) is 4.14. The average Bonchev–Trinajstić information content (AvgIpc) is 2.61. The lowest BCUT2D eigenvalue weighted by Crippen LogP contribution is -2.64. The Hall–Kier alpha value is -3.17. The number of carbonyl (C=O) groups excluding carboxylic acids is 3. The van der Waals surface area contributed by atoms with Gasteiger partial charge in [-0.05, 0) is 54.0 Å². The maximum atomic E-state index is 13.0. The van der Waals surface area contributed by atoms with Crippen molar-refractivity contribution < 1.29 is 28.8 Å². The minimum Gasteiger partial charge on any atom is -0.443 e. The SMILES string of the molecule is CC(C)(C)OC(=O)NN(C(=O)OC(C)(C)C)[C@](C)(C=O)[C@H](C[N+](=O)[O-])c1ccccc1. The maximum Gasteiger partial charge on any atom is 0.430 e. The minimum atomic E-state index is -1.87. The van der Waals surface area contributed by atoms with E-state index in [2.05, 4.69) is 5.43 Å². The second-order valence-electron chi connectivity index (χ2n) is 9.25. The summed E-state index contributed by atoms with van der Waals surface area (Å²) < 4.78 is 10.6. The summed E-state index contributed by atoms with van der Waals surface area (Å²) in [5, 5.41) is 12.1. The van der Waals surface area contributed by atoms with Crippen LogP contribution in [0.5, 0.6) is 0 Å². The van der Waals surface area contributed by atoms with E-state index in [1.54, 1.807) is 71.9 Å². The van der Waals surface area contributed by atoms with Crippen LogP contribution in [-0.2, 0) is 14.3 Å². The van der Waals surface area contributed by atoms with E-state index < -0.39 is 46.3 Å². The smallest absolute Gasteiger partial charge is 0.430 e. The van der Waals surface area contributed by atoms with Crippen molar-refractivity contribution in [3.05, 3.63) is 46.0 Å². The maximum absolute atomic E-state index is 13.0. The summed E-state index contributed by atoms with van der Waals surface area (Å²) in [6.07, 6.45) is -1.69. The predicted molar refractivity (Wildman–Crippen MR) is 113 cm³/mol. The number of benzene rings is 1. The van der Waals surface area contributed by atoms with Crippen LogP contribution in [0.25, 0.3) is 0 Å². The fraction of sp³-hybridized carbons (Fsp3) is 0.571. The van der Waals surface area contributed by atoms with Gasteiger partial charge in [0, 0.05) is 4.92 Å². The molecule has 0 saturated carbocycles. The number of hydrazine groups is 1. The molecule has 172 valence electrons. The van der Waals surface area contributed by atoms with Gasteiger partial charge < -0.3 is 14.3 Å². The summed E-state index contributed by atoms with van der Waals surface area (Å²) in [5.74, 6) is -1.09. The fourth-order valence-corrected chi connectivity index (χ4v) is 2.82. The van der Waals surface area contributed by atoms with Crippen molar-refractivity contribution in [2.24, 2.45) is 0 Å². The Morgan fingerprint density at radius 2 is 1.58 bits per heavy atom. The first kappa shape index (κ1) is 25.9. The number of rotatable bonds is 6. The van der Waals surface area contributed by atoms with Gasteiger partial charge in [-0.2, -0.15) is 0 Å². The molecule has 0 heterocycles. The number of hydrogen-bond donors (Lipinski definition) is 1. The zero-order valence-electron chi connectivity index (χ0n) is 19.0. The van der Waals surface area contributed by atoms with Gasteiger partial charge in [-0.3, -0.25) is 10.1 Å². The van der Waals surface area contributed by atoms with Crippen molar-refractivity contribution in [3.63, 3.8) is 0 Å². The Morgan fingerprint density at radius 3 is 2.00 bits per heavy atom.